The van der Waals surface area contributed by atoms with E-state index in [2.05, 4.69) is 24.1 Å². The zero-order valence-electron chi connectivity index (χ0n) is 11.2. The Morgan fingerprint density at radius 2 is 2.18 bits per heavy atom. The van der Waals surface area contributed by atoms with Gasteiger partial charge in [0.1, 0.15) is 0 Å². The topological polar surface area (TPSA) is 24.5 Å². The largest absolute Gasteiger partial charge is 0.381 e. The minimum Gasteiger partial charge on any atom is -0.381 e. The van der Waals surface area contributed by atoms with Crippen LogP contribution in [0.15, 0.2) is 0 Å². The zero-order chi connectivity index (χ0) is 11.9. The standard InChI is InChI=1S/C14H26N2O/c1-11(12-5-8-17-9-12)16-7-6-15-14(2,10-16)13-3-4-13/h11-13,15H,3-10H2,1-2H3. The third-order valence-electron chi connectivity index (χ3n) is 5.16. The maximum absolute atomic E-state index is 5.54. The van der Waals surface area contributed by atoms with E-state index < -0.39 is 0 Å². The average molecular weight is 238 g/mol. The Morgan fingerprint density at radius 3 is 2.82 bits per heavy atom. The van der Waals surface area contributed by atoms with Crippen LogP contribution < -0.4 is 5.32 Å². The third-order valence-corrected chi connectivity index (χ3v) is 5.16. The maximum Gasteiger partial charge on any atom is 0.0509 e. The van der Waals surface area contributed by atoms with Crippen LogP contribution in [-0.4, -0.2) is 49.3 Å². The predicted octanol–water partition coefficient (Wildman–Crippen LogP) is 1.49. The second-order valence-corrected chi connectivity index (χ2v) is 6.45. The quantitative estimate of drug-likeness (QED) is 0.806. The van der Waals surface area contributed by atoms with Crippen LogP contribution >= 0.6 is 0 Å². The monoisotopic (exact) mass is 238 g/mol. The van der Waals surface area contributed by atoms with Crippen LogP contribution in [-0.2, 0) is 4.74 Å². The van der Waals surface area contributed by atoms with Crippen molar-refractivity contribution < 1.29 is 4.74 Å². The summed E-state index contributed by atoms with van der Waals surface area (Å²) in [5.41, 5.74) is 0.381. The van der Waals surface area contributed by atoms with Gasteiger partial charge in [0.15, 0.2) is 0 Å². The van der Waals surface area contributed by atoms with Crippen molar-refractivity contribution in [1.29, 1.82) is 0 Å². The summed E-state index contributed by atoms with van der Waals surface area (Å²) in [6.45, 7) is 10.4. The van der Waals surface area contributed by atoms with Gasteiger partial charge in [-0.05, 0) is 44.9 Å². The minimum absolute atomic E-state index is 0.381. The number of hydrogen-bond donors (Lipinski definition) is 1. The molecule has 0 aromatic heterocycles. The first-order chi connectivity index (χ1) is 8.19. The SMILES string of the molecule is CC(C1CCOC1)N1CCNC(C)(C2CC2)C1. The molecule has 2 heterocycles. The van der Waals surface area contributed by atoms with Gasteiger partial charge in [-0.2, -0.15) is 0 Å². The Kier molecular flexibility index (Phi) is 3.18. The maximum atomic E-state index is 5.54. The lowest BCUT2D eigenvalue weighted by Crippen LogP contribution is -2.62. The molecular weight excluding hydrogens is 212 g/mol. The van der Waals surface area contributed by atoms with Crippen molar-refractivity contribution in [3.05, 3.63) is 0 Å². The van der Waals surface area contributed by atoms with Gasteiger partial charge in [0.05, 0.1) is 6.61 Å². The molecule has 0 radical (unpaired) electrons. The van der Waals surface area contributed by atoms with E-state index in [-0.39, 0.29) is 0 Å². The summed E-state index contributed by atoms with van der Waals surface area (Å²) in [6.07, 6.45) is 4.11. The van der Waals surface area contributed by atoms with Crippen molar-refractivity contribution in [3.8, 4) is 0 Å². The molecule has 1 saturated carbocycles. The van der Waals surface area contributed by atoms with Gasteiger partial charge in [0.25, 0.3) is 0 Å². The summed E-state index contributed by atoms with van der Waals surface area (Å²) >= 11 is 0. The molecule has 0 amide bonds. The van der Waals surface area contributed by atoms with Crippen LogP contribution in [0.2, 0.25) is 0 Å². The van der Waals surface area contributed by atoms with Crippen molar-refractivity contribution in [2.24, 2.45) is 11.8 Å². The Labute approximate surface area is 105 Å². The van der Waals surface area contributed by atoms with E-state index in [0.717, 1.165) is 31.6 Å². The van der Waals surface area contributed by atoms with Crippen LogP contribution in [0.5, 0.6) is 0 Å². The summed E-state index contributed by atoms with van der Waals surface area (Å²) in [4.78, 5) is 2.70. The smallest absolute Gasteiger partial charge is 0.0509 e. The van der Waals surface area contributed by atoms with Gasteiger partial charge in [-0.15, -0.1) is 0 Å². The molecule has 17 heavy (non-hydrogen) atoms. The molecule has 3 heteroatoms. The molecule has 0 spiro atoms. The molecule has 0 aromatic carbocycles. The predicted molar refractivity (Wildman–Crippen MR) is 69.1 cm³/mol. The molecule has 3 aliphatic rings. The Hall–Kier alpha value is -0.120. The molecule has 3 rings (SSSR count). The summed E-state index contributed by atoms with van der Waals surface area (Å²) < 4.78 is 5.54. The molecule has 1 N–H and O–H groups in total. The summed E-state index contributed by atoms with van der Waals surface area (Å²) in [6, 6.07) is 0.692. The van der Waals surface area contributed by atoms with Crippen molar-refractivity contribution in [2.45, 2.75) is 44.7 Å². The number of nitrogens with one attached hydrogen (secondary N) is 1. The lowest BCUT2D eigenvalue weighted by molar-refractivity contribution is 0.0637. The molecule has 0 aromatic rings. The molecule has 98 valence electrons. The lowest BCUT2D eigenvalue weighted by Gasteiger charge is -2.45. The zero-order valence-corrected chi connectivity index (χ0v) is 11.2. The Morgan fingerprint density at radius 1 is 1.35 bits per heavy atom. The molecule has 3 unspecified atom stereocenters. The number of piperazine rings is 1. The van der Waals surface area contributed by atoms with Crippen LogP contribution in [0.3, 0.4) is 0 Å². The summed E-state index contributed by atoms with van der Waals surface area (Å²) in [5, 5.41) is 3.76. The van der Waals surface area contributed by atoms with Crippen LogP contribution in [0.1, 0.15) is 33.1 Å². The minimum atomic E-state index is 0.381. The van der Waals surface area contributed by atoms with Gasteiger partial charge in [-0.1, -0.05) is 0 Å². The molecule has 2 aliphatic heterocycles. The Balaban J connectivity index is 1.62. The fraction of sp³-hybridized carbons (Fsp3) is 1.00. The van der Waals surface area contributed by atoms with Gasteiger partial charge >= 0.3 is 0 Å². The highest BCUT2D eigenvalue weighted by atomic mass is 16.5. The van der Waals surface area contributed by atoms with Crippen LogP contribution in [0.25, 0.3) is 0 Å². The van der Waals surface area contributed by atoms with Crippen LogP contribution in [0, 0.1) is 11.8 Å². The third kappa shape index (κ3) is 2.38. The molecule has 3 fully saturated rings. The van der Waals surface area contributed by atoms with Gasteiger partial charge < -0.3 is 10.1 Å². The summed E-state index contributed by atoms with van der Waals surface area (Å²) in [7, 11) is 0. The molecular formula is C14H26N2O. The van der Waals surface area contributed by atoms with E-state index in [9.17, 15) is 0 Å². The summed E-state index contributed by atoms with van der Waals surface area (Å²) in [5.74, 6) is 1.69. The van der Waals surface area contributed by atoms with Gasteiger partial charge in [0.2, 0.25) is 0 Å². The molecule has 3 atom stereocenters. The first kappa shape index (κ1) is 11.9. The average Bonchev–Trinajstić information content (AvgIpc) is 3.06. The van der Waals surface area contributed by atoms with E-state index in [0.29, 0.717) is 11.6 Å². The van der Waals surface area contributed by atoms with Crippen molar-refractivity contribution in [1.82, 2.24) is 10.2 Å². The Bertz CT molecular complexity index is 273. The number of nitrogens with zero attached hydrogens (tertiary/aromatic N) is 1. The fourth-order valence-corrected chi connectivity index (χ4v) is 3.61. The van der Waals surface area contributed by atoms with E-state index in [1.54, 1.807) is 0 Å². The number of rotatable bonds is 3. The van der Waals surface area contributed by atoms with E-state index in [1.165, 1.54) is 32.4 Å². The molecule has 2 saturated heterocycles. The highest BCUT2D eigenvalue weighted by Gasteiger charge is 2.45. The molecule has 1 aliphatic carbocycles. The van der Waals surface area contributed by atoms with E-state index in [1.807, 2.05) is 0 Å². The second kappa shape index (κ2) is 4.52. The first-order valence-corrected chi connectivity index (χ1v) is 7.26. The fourth-order valence-electron chi connectivity index (χ4n) is 3.61. The van der Waals surface area contributed by atoms with Gasteiger partial charge in [0, 0.05) is 37.8 Å². The van der Waals surface area contributed by atoms with Crippen molar-refractivity contribution in [3.63, 3.8) is 0 Å². The number of hydrogen-bond acceptors (Lipinski definition) is 3. The highest BCUT2D eigenvalue weighted by molar-refractivity contribution is 5.03. The lowest BCUT2D eigenvalue weighted by atomic mass is 9.90. The number of ether oxygens (including phenoxy) is 1. The van der Waals surface area contributed by atoms with Gasteiger partial charge in [-0.25, -0.2) is 0 Å². The van der Waals surface area contributed by atoms with E-state index in [4.69, 9.17) is 4.74 Å². The molecule has 3 nitrogen and oxygen atoms in total. The highest BCUT2D eigenvalue weighted by Crippen LogP contribution is 2.41. The first-order valence-electron chi connectivity index (χ1n) is 7.26. The van der Waals surface area contributed by atoms with Crippen LogP contribution in [0.4, 0.5) is 0 Å². The molecule has 0 bridgehead atoms. The normalized spacial score (nSPS) is 41.6. The van der Waals surface area contributed by atoms with Crippen molar-refractivity contribution in [2.75, 3.05) is 32.8 Å². The van der Waals surface area contributed by atoms with E-state index >= 15 is 0 Å². The van der Waals surface area contributed by atoms with Gasteiger partial charge in [-0.3, -0.25) is 4.90 Å². The van der Waals surface area contributed by atoms with Crippen molar-refractivity contribution >= 4 is 0 Å². The second-order valence-electron chi connectivity index (χ2n) is 6.45.